The second-order valence-electron chi connectivity index (χ2n) is 3.95. The van der Waals surface area contributed by atoms with Gasteiger partial charge in [-0.15, -0.1) is 0 Å². The van der Waals surface area contributed by atoms with Crippen LogP contribution in [0.25, 0.3) is 0 Å². The first-order chi connectivity index (χ1) is 5.71. The molecule has 3 aliphatic heterocycles. The molecule has 64 valence electrons. The lowest BCUT2D eigenvalue weighted by molar-refractivity contribution is -0.130. The van der Waals surface area contributed by atoms with E-state index in [1.807, 2.05) is 7.05 Å². The third-order valence-corrected chi connectivity index (χ3v) is 3.18. The molecule has 0 aliphatic carbocycles. The monoisotopic (exact) mass is 165 g/mol. The summed E-state index contributed by atoms with van der Waals surface area (Å²) in [7, 11) is 1.85. The van der Waals surface area contributed by atoms with Crippen LogP contribution in [0.1, 0.15) is 6.42 Å². The zero-order chi connectivity index (χ0) is 8.34. The Balaban J connectivity index is 2.06. The van der Waals surface area contributed by atoms with Gasteiger partial charge in [0.05, 0.1) is 18.6 Å². The smallest absolute Gasteiger partial charge is 0.228 e. The molecule has 2 saturated heterocycles. The van der Waals surface area contributed by atoms with E-state index in [4.69, 9.17) is 4.74 Å². The van der Waals surface area contributed by atoms with Gasteiger partial charge in [-0.1, -0.05) is 12.2 Å². The summed E-state index contributed by atoms with van der Waals surface area (Å²) in [5.41, 5.74) is -0.240. The number of rotatable bonds is 0. The Bertz CT molecular complexity index is 286. The predicted molar refractivity (Wildman–Crippen MR) is 42.5 cm³/mol. The maximum Gasteiger partial charge on any atom is 0.228 e. The number of fused-ring (bicyclic) bond motifs is 1. The maximum atomic E-state index is 11.6. The van der Waals surface area contributed by atoms with Gasteiger partial charge in [0.15, 0.2) is 0 Å². The van der Waals surface area contributed by atoms with Crippen molar-refractivity contribution in [2.24, 2.45) is 5.92 Å². The van der Waals surface area contributed by atoms with E-state index in [-0.39, 0.29) is 23.5 Å². The summed E-state index contributed by atoms with van der Waals surface area (Å²) in [6, 6.07) is 0. The summed E-state index contributed by atoms with van der Waals surface area (Å²) in [5.74, 6) is 0.361. The van der Waals surface area contributed by atoms with E-state index in [0.717, 1.165) is 13.0 Å². The fourth-order valence-corrected chi connectivity index (χ4v) is 2.61. The highest BCUT2D eigenvalue weighted by atomic mass is 16.5. The van der Waals surface area contributed by atoms with Gasteiger partial charge in [-0.05, 0) is 6.42 Å². The molecule has 0 aromatic rings. The molecule has 3 heteroatoms. The van der Waals surface area contributed by atoms with Crippen molar-refractivity contribution >= 4 is 5.91 Å². The van der Waals surface area contributed by atoms with Crippen LogP contribution in [0.2, 0.25) is 0 Å². The van der Waals surface area contributed by atoms with Gasteiger partial charge in [0.2, 0.25) is 5.91 Å². The van der Waals surface area contributed by atoms with E-state index in [9.17, 15) is 4.79 Å². The Labute approximate surface area is 71.0 Å². The fourth-order valence-electron chi connectivity index (χ4n) is 2.61. The normalized spacial score (nSPS) is 49.1. The fraction of sp³-hybridized carbons (Fsp3) is 0.667. The molecular weight excluding hydrogens is 154 g/mol. The van der Waals surface area contributed by atoms with E-state index in [0.29, 0.717) is 0 Å². The molecule has 3 atom stereocenters. The van der Waals surface area contributed by atoms with Crippen LogP contribution in [0.5, 0.6) is 0 Å². The first-order valence-electron chi connectivity index (χ1n) is 4.33. The SMILES string of the molecule is CN1CC23C=CC(CC2C1=O)O3. The molecular formula is C9H11NO2. The van der Waals surface area contributed by atoms with Crippen LogP contribution in [0.3, 0.4) is 0 Å². The molecule has 3 heterocycles. The number of ether oxygens (including phenoxy) is 1. The highest BCUT2D eigenvalue weighted by molar-refractivity contribution is 5.84. The van der Waals surface area contributed by atoms with Crippen LogP contribution in [0.15, 0.2) is 12.2 Å². The highest BCUT2D eigenvalue weighted by Crippen LogP contribution is 2.47. The van der Waals surface area contributed by atoms with Crippen LogP contribution in [0, 0.1) is 5.92 Å². The third-order valence-electron chi connectivity index (χ3n) is 3.18. The summed E-state index contributed by atoms with van der Waals surface area (Å²) < 4.78 is 5.75. The lowest BCUT2D eigenvalue weighted by Crippen LogP contribution is -2.32. The van der Waals surface area contributed by atoms with E-state index in [2.05, 4.69) is 12.2 Å². The second kappa shape index (κ2) is 1.74. The zero-order valence-electron chi connectivity index (χ0n) is 6.99. The number of amides is 1. The highest BCUT2D eigenvalue weighted by Gasteiger charge is 2.59. The minimum atomic E-state index is -0.240. The van der Waals surface area contributed by atoms with Crippen LogP contribution in [0.4, 0.5) is 0 Å². The van der Waals surface area contributed by atoms with E-state index in [1.165, 1.54) is 0 Å². The summed E-state index contributed by atoms with van der Waals surface area (Å²) >= 11 is 0. The molecule has 0 N–H and O–H groups in total. The lowest BCUT2D eigenvalue weighted by Gasteiger charge is -2.19. The first kappa shape index (κ1) is 6.66. The van der Waals surface area contributed by atoms with Gasteiger partial charge >= 0.3 is 0 Å². The van der Waals surface area contributed by atoms with Gasteiger partial charge in [0, 0.05) is 7.05 Å². The Kier molecular flexibility index (Phi) is 0.966. The molecule has 12 heavy (non-hydrogen) atoms. The molecule has 3 rings (SSSR count). The lowest BCUT2D eigenvalue weighted by atomic mass is 9.86. The van der Waals surface area contributed by atoms with Crippen LogP contribution in [-0.4, -0.2) is 36.1 Å². The number of carbonyl (C=O) groups is 1. The minimum absolute atomic E-state index is 0.109. The number of likely N-dealkylation sites (tertiary alicyclic amines) is 1. The van der Waals surface area contributed by atoms with Crippen molar-refractivity contribution < 1.29 is 9.53 Å². The number of nitrogens with zero attached hydrogens (tertiary/aromatic N) is 1. The maximum absolute atomic E-state index is 11.6. The van der Waals surface area contributed by atoms with E-state index >= 15 is 0 Å². The Hall–Kier alpha value is -0.830. The van der Waals surface area contributed by atoms with Gasteiger partial charge in [-0.3, -0.25) is 4.79 Å². The molecule has 2 fully saturated rings. The Morgan fingerprint density at radius 2 is 2.58 bits per heavy atom. The van der Waals surface area contributed by atoms with Crippen molar-refractivity contribution in [2.75, 3.05) is 13.6 Å². The molecule has 1 spiro atoms. The van der Waals surface area contributed by atoms with Gasteiger partial charge in [0.25, 0.3) is 0 Å². The standard InChI is InChI=1S/C9H11NO2/c1-10-5-9-3-2-6(12-9)4-7(9)8(10)11/h2-3,6-7H,4-5H2,1H3. The van der Waals surface area contributed by atoms with Crippen molar-refractivity contribution in [1.29, 1.82) is 0 Å². The summed E-state index contributed by atoms with van der Waals surface area (Å²) in [4.78, 5) is 13.4. The Morgan fingerprint density at radius 3 is 3.25 bits per heavy atom. The molecule has 0 aromatic carbocycles. The largest absolute Gasteiger partial charge is 0.361 e. The number of likely N-dealkylation sites (N-methyl/N-ethyl adjacent to an activating group) is 1. The van der Waals surface area contributed by atoms with E-state index in [1.54, 1.807) is 4.90 Å². The van der Waals surface area contributed by atoms with Gasteiger partial charge in [-0.25, -0.2) is 0 Å². The molecule has 0 saturated carbocycles. The van der Waals surface area contributed by atoms with Crippen molar-refractivity contribution in [1.82, 2.24) is 4.90 Å². The number of hydrogen-bond acceptors (Lipinski definition) is 2. The van der Waals surface area contributed by atoms with Crippen molar-refractivity contribution in [3.8, 4) is 0 Å². The molecule has 3 aliphatic rings. The summed E-state index contributed by atoms with van der Waals surface area (Å²) in [6.45, 7) is 0.740. The molecule has 0 radical (unpaired) electrons. The first-order valence-corrected chi connectivity index (χ1v) is 4.33. The average molecular weight is 165 g/mol. The van der Waals surface area contributed by atoms with E-state index < -0.39 is 0 Å². The van der Waals surface area contributed by atoms with Gasteiger partial charge in [-0.2, -0.15) is 0 Å². The minimum Gasteiger partial charge on any atom is -0.361 e. The summed E-state index contributed by atoms with van der Waals surface area (Å²) in [6.07, 6.45) is 5.27. The number of carbonyl (C=O) groups excluding carboxylic acids is 1. The van der Waals surface area contributed by atoms with Gasteiger partial charge < -0.3 is 9.64 Å². The molecule has 0 aromatic heterocycles. The predicted octanol–water partition coefficient (Wildman–Crippen LogP) is 0.172. The Morgan fingerprint density at radius 1 is 1.75 bits per heavy atom. The molecule has 3 nitrogen and oxygen atoms in total. The van der Waals surface area contributed by atoms with Crippen LogP contribution < -0.4 is 0 Å². The molecule has 2 bridgehead atoms. The average Bonchev–Trinajstić information content (AvgIpc) is 2.63. The van der Waals surface area contributed by atoms with Crippen molar-refractivity contribution in [3.63, 3.8) is 0 Å². The second-order valence-corrected chi connectivity index (χ2v) is 3.95. The van der Waals surface area contributed by atoms with Gasteiger partial charge in [0.1, 0.15) is 5.60 Å². The van der Waals surface area contributed by atoms with Crippen LogP contribution in [-0.2, 0) is 9.53 Å². The van der Waals surface area contributed by atoms with Crippen molar-refractivity contribution in [3.05, 3.63) is 12.2 Å². The van der Waals surface area contributed by atoms with Crippen molar-refractivity contribution in [2.45, 2.75) is 18.1 Å². The molecule has 1 amide bonds. The summed E-state index contributed by atoms with van der Waals surface area (Å²) in [5, 5.41) is 0. The topological polar surface area (TPSA) is 29.5 Å². The zero-order valence-corrected chi connectivity index (χ0v) is 6.99. The van der Waals surface area contributed by atoms with Crippen LogP contribution >= 0.6 is 0 Å². The quantitative estimate of drug-likeness (QED) is 0.479. The molecule has 3 unspecified atom stereocenters. The number of hydrogen-bond donors (Lipinski definition) is 0. The third kappa shape index (κ3) is 0.556.